The first-order chi connectivity index (χ1) is 23.6. The summed E-state index contributed by atoms with van der Waals surface area (Å²) in [7, 11) is 0. The average molecular weight is 673 g/mol. The van der Waals surface area contributed by atoms with Gasteiger partial charge in [-0.2, -0.15) is 0 Å². The number of carbonyl (C=O) groups excluding carboxylic acids is 2. The Bertz CT molecular complexity index is 812. The number of hydrogen-bond donors (Lipinski definition) is 0. The van der Waals surface area contributed by atoms with E-state index >= 15 is 0 Å². The average Bonchev–Trinajstić information content (AvgIpc) is 3.08. The van der Waals surface area contributed by atoms with E-state index in [1.54, 1.807) is 0 Å². The standard InChI is InChI=1S/C43H76O5/c1-4-7-10-13-15-17-19-20-21-22-23-25-27-29-32-35-38-46-39-41(48-43(45)37-34-30-12-9-6-3)40-47-42(44)36-33-31-28-26-24-18-16-14-11-8-5-2/h7,10,14-17,20-21,41H,4-6,8-9,11-13,18-19,22-40H2,1-3H3/b10-7-,16-14-,17-15-,21-20-. The van der Waals surface area contributed by atoms with Gasteiger partial charge in [-0.25, -0.2) is 0 Å². The molecule has 0 bridgehead atoms. The largest absolute Gasteiger partial charge is 0.462 e. The fourth-order valence-corrected chi connectivity index (χ4v) is 5.33. The van der Waals surface area contributed by atoms with Gasteiger partial charge < -0.3 is 14.2 Å². The highest BCUT2D eigenvalue weighted by atomic mass is 16.6. The van der Waals surface area contributed by atoms with Crippen molar-refractivity contribution in [3.05, 3.63) is 48.6 Å². The van der Waals surface area contributed by atoms with Crippen molar-refractivity contribution in [1.29, 1.82) is 0 Å². The lowest BCUT2D eigenvalue weighted by Crippen LogP contribution is -2.30. The molecule has 0 aromatic carbocycles. The second-order valence-electron chi connectivity index (χ2n) is 13.2. The van der Waals surface area contributed by atoms with Crippen molar-refractivity contribution in [2.24, 2.45) is 0 Å². The minimum atomic E-state index is -0.538. The van der Waals surface area contributed by atoms with Crippen LogP contribution < -0.4 is 0 Å². The van der Waals surface area contributed by atoms with Gasteiger partial charge in [0.1, 0.15) is 6.61 Å². The summed E-state index contributed by atoms with van der Waals surface area (Å²) in [5.74, 6) is -0.431. The van der Waals surface area contributed by atoms with E-state index in [9.17, 15) is 9.59 Å². The number of ether oxygens (including phenoxy) is 3. The van der Waals surface area contributed by atoms with E-state index in [2.05, 4.69) is 69.4 Å². The summed E-state index contributed by atoms with van der Waals surface area (Å²) in [6.45, 7) is 7.56. The Labute approximate surface area is 297 Å². The number of rotatable bonds is 36. The van der Waals surface area contributed by atoms with Crippen LogP contribution in [0.1, 0.15) is 188 Å². The molecule has 0 saturated heterocycles. The quantitative estimate of drug-likeness (QED) is 0.0376. The lowest BCUT2D eigenvalue weighted by molar-refractivity contribution is -0.163. The van der Waals surface area contributed by atoms with Crippen LogP contribution in [0.4, 0.5) is 0 Å². The van der Waals surface area contributed by atoms with Crippen molar-refractivity contribution in [2.75, 3.05) is 19.8 Å². The van der Waals surface area contributed by atoms with Crippen molar-refractivity contribution in [2.45, 2.75) is 194 Å². The molecule has 0 aliphatic carbocycles. The molecule has 0 rings (SSSR count). The molecule has 48 heavy (non-hydrogen) atoms. The van der Waals surface area contributed by atoms with Gasteiger partial charge in [-0.1, -0.05) is 153 Å². The zero-order chi connectivity index (χ0) is 35.0. The van der Waals surface area contributed by atoms with Gasteiger partial charge in [-0.3, -0.25) is 9.59 Å². The van der Waals surface area contributed by atoms with Crippen LogP contribution in [0, 0.1) is 0 Å². The van der Waals surface area contributed by atoms with Crippen molar-refractivity contribution >= 4 is 11.9 Å². The molecule has 5 heteroatoms. The van der Waals surface area contributed by atoms with E-state index in [0.29, 0.717) is 19.4 Å². The molecule has 1 unspecified atom stereocenters. The van der Waals surface area contributed by atoms with E-state index in [0.717, 1.165) is 83.5 Å². The molecule has 0 aromatic heterocycles. The molecule has 0 amide bonds. The molecule has 5 nitrogen and oxygen atoms in total. The summed E-state index contributed by atoms with van der Waals surface area (Å²) in [6, 6.07) is 0. The van der Waals surface area contributed by atoms with Crippen LogP contribution in [0.2, 0.25) is 0 Å². The lowest BCUT2D eigenvalue weighted by atomic mass is 10.1. The Morgan fingerprint density at radius 3 is 1.58 bits per heavy atom. The highest BCUT2D eigenvalue weighted by Crippen LogP contribution is 2.12. The van der Waals surface area contributed by atoms with Crippen LogP contribution >= 0.6 is 0 Å². The molecule has 0 aliphatic heterocycles. The molecule has 0 heterocycles. The van der Waals surface area contributed by atoms with Gasteiger partial charge in [0, 0.05) is 19.4 Å². The van der Waals surface area contributed by atoms with Crippen LogP contribution in [-0.2, 0) is 23.8 Å². The van der Waals surface area contributed by atoms with Gasteiger partial charge in [0.15, 0.2) is 6.10 Å². The van der Waals surface area contributed by atoms with Crippen LogP contribution in [0.3, 0.4) is 0 Å². The zero-order valence-corrected chi connectivity index (χ0v) is 31.7. The van der Waals surface area contributed by atoms with E-state index < -0.39 is 6.10 Å². The molecule has 1 atom stereocenters. The number of esters is 2. The summed E-state index contributed by atoms with van der Waals surface area (Å²) in [4.78, 5) is 24.9. The maximum absolute atomic E-state index is 12.5. The maximum Gasteiger partial charge on any atom is 0.306 e. The molecule has 0 radical (unpaired) electrons. The van der Waals surface area contributed by atoms with Gasteiger partial charge in [0.2, 0.25) is 0 Å². The van der Waals surface area contributed by atoms with Gasteiger partial charge in [-0.15, -0.1) is 0 Å². The van der Waals surface area contributed by atoms with Gasteiger partial charge in [0.05, 0.1) is 6.61 Å². The smallest absolute Gasteiger partial charge is 0.306 e. The third kappa shape index (κ3) is 36.7. The highest BCUT2D eigenvalue weighted by molar-refractivity contribution is 5.70. The summed E-state index contributed by atoms with van der Waals surface area (Å²) in [5.41, 5.74) is 0. The molecule has 0 spiro atoms. The Kier molecular flexibility index (Phi) is 37.5. The second-order valence-corrected chi connectivity index (χ2v) is 13.2. The van der Waals surface area contributed by atoms with Crippen LogP contribution in [0.25, 0.3) is 0 Å². The molecule has 0 N–H and O–H groups in total. The topological polar surface area (TPSA) is 61.8 Å². The minimum absolute atomic E-state index is 0.0752. The molecule has 278 valence electrons. The number of hydrogen-bond acceptors (Lipinski definition) is 5. The van der Waals surface area contributed by atoms with Crippen molar-refractivity contribution in [3.8, 4) is 0 Å². The number of carbonyl (C=O) groups is 2. The first-order valence-corrected chi connectivity index (χ1v) is 20.2. The van der Waals surface area contributed by atoms with Crippen LogP contribution in [0.5, 0.6) is 0 Å². The van der Waals surface area contributed by atoms with Crippen LogP contribution in [0.15, 0.2) is 48.6 Å². The SMILES string of the molecule is CC/C=C\C/C=C\C/C=C\CCCCCCCCOCC(COC(=O)CCCCCCC/C=C\CCCC)OC(=O)CCCCCCC. The summed E-state index contributed by atoms with van der Waals surface area (Å²) < 4.78 is 17.1. The third-order valence-corrected chi connectivity index (χ3v) is 8.35. The highest BCUT2D eigenvalue weighted by Gasteiger charge is 2.17. The minimum Gasteiger partial charge on any atom is -0.462 e. The molecule has 0 fully saturated rings. The Balaban J connectivity index is 4.12. The second kappa shape index (κ2) is 39.3. The summed E-state index contributed by atoms with van der Waals surface area (Å²) in [6.07, 6.45) is 45.6. The van der Waals surface area contributed by atoms with Crippen LogP contribution in [-0.4, -0.2) is 37.9 Å². The number of unbranched alkanes of at least 4 members (excludes halogenated alkanes) is 17. The predicted molar refractivity (Wildman–Crippen MR) is 205 cm³/mol. The lowest BCUT2D eigenvalue weighted by Gasteiger charge is -2.18. The molecule has 0 aliphatic rings. The van der Waals surface area contributed by atoms with Gasteiger partial charge >= 0.3 is 11.9 Å². The monoisotopic (exact) mass is 673 g/mol. The first kappa shape index (κ1) is 45.9. The van der Waals surface area contributed by atoms with E-state index in [1.807, 2.05) is 0 Å². The van der Waals surface area contributed by atoms with Gasteiger partial charge in [0.25, 0.3) is 0 Å². The van der Waals surface area contributed by atoms with E-state index in [4.69, 9.17) is 14.2 Å². The fourth-order valence-electron chi connectivity index (χ4n) is 5.33. The molecule has 0 aromatic rings. The Morgan fingerprint density at radius 1 is 0.479 bits per heavy atom. The van der Waals surface area contributed by atoms with Crippen molar-refractivity contribution in [3.63, 3.8) is 0 Å². The zero-order valence-electron chi connectivity index (χ0n) is 31.7. The Morgan fingerprint density at radius 2 is 0.958 bits per heavy atom. The first-order valence-electron chi connectivity index (χ1n) is 20.2. The van der Waals surface area contributed by atoms with Crippen molar-refractivity contribution in [1.82, 2.24) is 0 Å². The number of allylic oxidation sites excluding steroid dienone is 8. The normalized spacial score (nSPS) is 12.6. The molecular formula is C43H76O5. The van der Waals surface area contributed by atoms with E-state index in [1.165, 1.54) is 70.6 Å². The summed E-state index contributed by atoms with van der Waals surface area (Å²) in [5, 5.41) is 0. The molecule has 0 saturated carbocycles. The maximum atomic E-state index is 12.5. The van der Waals surface area contributed by atoms with Gasteiger partial charge in [-0.05, 0) is 70.6 Å². The predicted octanol–water partition coefficient (Wildman–Crippen LogP) is 12.9. The fraction of sp³-hybridized carbons (Fsp3) is 0.767. The third-order valence-electron chi connectivity index (χ3n) is 8.35. The van der Waals surface area contributed by atoms with E-state index in [-0.39, 0.29) is 25.2 Å². The summed E-state index contributed by atoms with van der Waals surface area (Å²) >= 11 is 0. The van der Waals surface area contributed by atoms with Crippen molar-refractivity contribution < 1.29 is 23.8 Å². The Hall–Kier alpha value is -2.14. The molecular weight excluding hydrogens is 596 g/mol.